The van der Waals surface area contributed by atoms with Gasteiger partial charge in [-0.05, 0) is 26.2 Å². The van der Waals surface area contributed by atoms with Crippen molar-refractivity contribution in [2.75, 3.05) is 19.7 Å². The van der Waals surface area contributed by atoms with Crippen molar-refractivity contribution < 1.29 is 19.4 Å². The molecule has 6 heteroatoms. The zero-order chi connectivity index (χ0) is 15.2. The third kappa shape index (κ3) is 4.37. The summed E-state index contributed by atoms with van der Waals surface area (Å²) in [6, 6.07) is -0.312. The van der Waals surface area contributed by atoms with E-state index in [0.717, 1.165) is 19.4 Å². The molecule has 0 aromatic rings. The summed E-state index contributed by atoms with van der Waals surface area (Å²) in [4.78, 5) is 22.8. The second-order valence-electron chi connectivity index (χ2n) is 5.65. The number of hydrogen-bond acceptors (Lipinski definition) is 3. The molecular weight excluding hydrogens is 260 g/mol. The first-order valence-corrected chi connectivity index (χ1v) is 7.29. The monoisotopic (exact) mass is 286 g/mol. The molecule has 1 rings (SSSR count). The maximum Gasteiger partial charge on any atom is 0.314 e. The van der Waals surface area contributed by atoms with E-state index in [9.17, 15) is 9.59 Å². The minimum atomic E-state index is -0.917. The normalized spacial score (nSPS) is 24.9. The Morgan fingerprint density at radius 1 is 1.35 bits per heavy atom. The molecule has 0 bridgehead atoms. The number of carbonyl (C=O) groups is 2. The van der Waals surface area contributed by atoms with Crippen LogP contribution in [-0.4, -0.2) is 42.9 Å². The van der Waals surface area contributed by atoms with Gasteiger partial charge < -0.3 is 20.5 Å². The van der Waals surface area contributed by atoms with Crippen LogP contribution in [0.15, 0.2) is 0 Å². The molecule has 1 saturated heterocycles. The molecule has 20 heavy (non-hydrogen) atoms. The lowest BCUT2D eigenvalue weighted by atomic mass is 9.88. The standard InChI is InChI=1S/C14H26N2O4/c1-4-11-10(6-7-20-11)8-15-13(19)16-9-14(3,5-2)12(17)18/h10-11H,4-9H2,1-3H3,(H,17,18)(H2,15,16,19). The largest absolute Gasteiger partial charge is 0.481 e. The predicted molar refractivity (Wildman–Crippen MR) is 75.6 cm³/mol. The number of rotatable bonds is 7. The van der Waals surface area contributed by atoms with Gasteiger partial charge >= 0.3 is 12.0 Å². The molecule has 0 aliphatic carbocycles. The van der Waals surface area contributed by atoms with Gasteiger partial charge in [0.25, 0.3) is 0 Å². The molecule has 6 nitrogen and oxygen atoms in total. The molecule has 1 aliphatic rings. The number of nitrogens with one attached hydrogen (secondary N) is 2. The molecule has 3 unspecified atom stereocenters. The highest BCUT2D eigenvalue weighted by Gasteiger charge is 2.32. The average molecular weight is 286 g/mol. The summed E-state index contributed by atoms with van der Waals surface area (Å²) < 4.78 is 5.56. The van der Waals surface area contributed by atoms with Crippen molar-refractivity contribution in [3.63, 3.8) is 0 Å². The Kier molecular flexibility index (Phi) is 6.26. The van der Waals surface area contributed by atoms with Crippen LogP contribution in [0.1, 0.15) is 40.0 Å². The summed E-state index contributed by atoms with van der Waals surface area (Å²) in [7, 11) is 0. The fourth-order valence-corrected chi connectivity index (χ4v) is 2.29. The fourth-order valence-electron chi connectivity index (χ4n) is 2.29. The van der Waals surface area contributed by atoms with Crippen LogP contribution in [0.25, 0.3) is 0 Å². The maximum absolute atomic E-state index is 11.7. The second-order valence-corrected chi connectivity index (χ2v) is 5.65. The van der Waals surface area contributed by atoms with Gasteiger partial charge in [-0.15, -0.1) is 0 Å². The highest BCUT2D eigenvalue weighted by Crippen LogP contribution is 2.22. The van der Waals surface area contributed by atoms with E-state index in [0.29, 0.717) is 18.9 Å². The number of aliphatic carboxylic acids is 1. The van der Waals surface area contributed by atoms with E-state index in [2.05, 4.69) is 17.6 Å². The number of carbonyl (C=O) groups excluding carboxylic acids is 1. The molecule has 1 aliphatic heterocycles. The summed E-state index contributed by atoms with van der Waals surface area (Å²) in [5.74, 6) is -0.543. The maximum atomic E-state index is 11.7. The lowest BCUT2D eigenvalue weighted by Gasteiger charge is -2.24. The Balaban J connectivity index is 2.32. The molecule has 0 aromatic heterocycles. The van der Waals surface area contributed by atoms with Gasteiger partial charge in [0.05, 0.1) is 11.5 Å². The van der Waals surface area contributed by atoms with Gasteiger partial charge in [-0.3, -0.25) is 4.79 Å². The molecule has 1 fully saturated rings. The lowest BCUT2D eigenvalue weighted by molar-refractivity contribution is -0.147. The van der Waals surface area contributed by atoms with E-state index in [1.807, 2.05) is 0 Å². The van der Waals surface area contributed by atoms with Gasteiger partial charge in [0.1, 0.15) is 0 Å². The summed E-state index contributed by atoms with van der Waals surface area (Å²) in [6.07, 6.45) is 2.59. The first-order valence-electron chi connectivity index (χ1n) is 7.29. The van der Waals surface area contributed by atoms with E-state index in [1.165, 1.54) is 0 Å². The average Bonchev–Trinajstić information content (AvgIpc) is 2.89. The summed E-state index contributed by atoms with van der Waals surface area (Å²) in [5, 5.41) is 14.6. The number of ether oxygens (including phenoxy) is 1. The van der Waals surface area contributed by atoms with E-state index in [1.54, 1.807) is 13.8 Å². The van der Waals surface area contributed by atoms with Crippen molar-refractivity contribution in [1.29, 1.82) is 0 Å². The van der Waals surface area contributed by atoms with Crippen molar-refractivity contribution in [1.82, 2.24) is 10.6 Å². The minimum absolute atomic E-state index is 0.128. The summed E-state index contributed by atoms with van der Waals surface area (Å²) >= 11 is 0. The number of carboxylic acid groups (broad SMARTS) is 1. The first kappa shape index (κ1) is 16.8. The Morgan fingerprint density at radius 3 is 2.60 bits per heavy atom. The van der Waals surface area contributed by atoms with Crippen molar-refractivity contribution in [3.8, 4) is 0 Å². The van der Waals surface area contributed by atoms with Crippen molar-refractivity contribution in [2.45, 2.75) is 46.1 Å². The molecular formula is C14H26N2O4. The van der Waals surface area contributed by atoms with Gasteiger partial charge in [0.2, 0.25) is 0 Å². The zero-order valence-electron chi connectivity index (χ0n) is 12.6. The third-order valence-electron chi connectivity index (χ3n) is 4.21. The highest BCUT2D eigenvalue weighted by atomic mass is 16.5. The molecule has 0 aromatic carbocycles. The fraction of sp³-hybridized carbons (Fsp3) is 0.857. The van der Waals surface area contributed by atoms with Crippen LogP contribution in [0.3, 0.4) is 0 Å². The topological polar surface area (TPSA) is 87.7 Å². The Morgan fingerprint density at radius 2 is 2.05 bits per heavy atom. The van der Waals surface area contributed by atoms with Crippen LogP contribution < -0.4 is 10.6 Å². The van der Waals surface area contributed by atoms with Crippen LogP contribution >= 0.6 is 0 Å². The molecule has 3 N–H and O–H groups in total. The van der Waals surface area contributed by atoms with Crippen LogP contribution in [0, 0.1) is 11.3 Å². The van der Waals surface area contributed by atoms with Gasteiger partial charge in [-0.1, -0.05) is 13.8 Å². The van der Waals surface area contributed by atoms with Gasteiger partial charge in [0.15, 0.2) is 0 Å². The third-order valence-corrected chi connectivity index (χ3v) is 4.21. The SMILES string of the molecule is CCC1OCCC1CNC(=O)NCC(C)(CC)C(=O)O. The smallest absolute Gasteiger partial charge is 0.314 e. The van der Waals surface area contributed by atoms with Crippen molar-refractivity contribution in [3.05, 3.63) is 0 Å². The highest BCUT2D eigenvalue weighted by molar-refractivity contribution is 5.77. The predicted octanol–water partition coefficient (Wildman–Crippen LogP) is 1.60. The van der Waals surface area contributed by atoms with Crippen molar-refractivity contribution >= 4 is 12.0 Å². The van der Waals surface area contributed by atoms with Gasteiger partial charge in [0, 0.05) is 25.6 Å². The molecule has 0 radical (unpaired) electrons. The second kappa shape index (κ2) is 7.47. The summed E-state index contributed by atoms with van der Waals surface area (Å²) in [5.41, 5.74) is -0.917. The number of amides is 2. The molecule has 0 saturated carbocycles. The molecule has 2 amide bonds. The quantitative estimate of drug-likeness (QED) is 0.663. The van der Waals surface area contributed by atoms with E-state index < -0.39 is 11.4 Å². The number of carboxylic acids is 1. The molecule has 116 valence electrons. The van der Waals surface area contributed by atoms with E-state index in [4.69, 9.17) is 9.84 Å². The van der Waals surface area contributed by atoms with E-state index in [-0.39, 0.29) is 18.7 Å². The van der Waals surface area contributed by atoms with Crippen LogP contribution in [-0.2, 0) is 9.53 Å². The van der Waals surface area contributed by atoms with Crippen LogP contribution in [0.4, 0.5) is 4.79 Å². The zero-order valence-corrected chi connectivity index (χ0v) is 12.6. The Hall–Kier alpha value is -1.30. The summed E-state index contributed by atoms with van der Waals surface area (Å²) in [6.45, 7) is 6.95. The van der Waals surface area contributed by atoms with E-state index >= 15 is 0 Å². The van der Waals surface area contributed by atoms with Gasteiger partial charge in [-0.25, -0.2) is 4.79 Å². The number of hydrogen-bond donors (Lipinski definition) is 3. The van der Waals surface area contributed by atoms with Gasteiger partial charge in [-0.2, -0.15) is 0 Å². The number of urea groups is 1. The molecule has 1 heterocycles. The Bertz CT molecular complexity index is 348. The van der Waals surface area contributed by atoms with Crippen molar-refractivity contribution in [2.24, 2.45) is 11.3 Å². The van der Waals surface area contributed by atoms with Crippen LogP contribution in [0.5, 0.6) is 0 Å². The first-order chi connectivity index (χ1) is 9.42. The minimum Gasteiger partial charge on any atom is -0.481 e. The molecule has 3 atom stereocenters. The van der Waals surface area contributed by atoms with Crippen LogP contribution in [0.2, 0.25) is 0 Å². The Labute approximate surface area is 120 Å². The molecule has 0 spiro atoms. The lowest BCUT2D eigenvalue weighted by Crippen LogP contribution is -2.46.